The summed E-state index contributed by atoms with van der Waals surface area (Å²) in [6.07, 6.45) is 1.74. The van der Waals surface area contributed by atoms with Crippen LogP contribution in [0.5, 0.6) is 0 Å². The number of nitrogens with one attached hydrogen (secondary N) is 1. The molecule has 0 spiro atoms. The van der Waals surface area contributed by atoms with Crippen LogP contribution in [-0.2, 0) is 10.0 Å². The van der Waals surface area contributed by atoms with E-state index >= 15 is 0 Å². The fourth-order valence-corrected chi connectivity index (χ4v) is 5.83. The van der Waals surface area contributed by atoms with E-state index in [0.29, 0.717) is 23.8 Å². The van der Waals surface area contributed by atoms with Gasteiger partial charge < -0.3 is 0 Å². The number of rotatable bonds is 8. The van der Waals surface area contributed by atoms with Crippen molar-refractivity contribution in [1.82, 2.24) is 9.29 Å². The van der Waals surface area contributed by atoms with E-state index in [4.69, 9.17) is 0 Å². The van der Waals surface area contributed by atoms with Gasteiger partial charge in [-0.2, -0.15) is 4.31 Å². The molecule has 3 aromatic rings. The SMILES string of the molecule is CCCCN(CC)S(=O)(=O)c1ccc(C(=O)Nc2nc3c(C)cc(C)cc3s2)cc1. The third-order valence-corrected chi connectivity index (χ3v) is 7.82. The van der Waals surface area contributed by atoms with Crippen LogP contribution in [0.1, 0.15) is 48.2 Å². The summed E-state index contributed by atoms with van der Waals surface area (Å²) in [5.74, 6) is -0.314. The minimum absolute atomic E-state index is 0.197. The summed E-state index contributed by atoms with van der Waals surface area (Å²) in [4.78, 5) is 17.4. The molecule has 0 unspecified atom stereocenters. The number of benzene rings is 2. The van der Waals surface area contributed by atoms with E-state index in [2.05, 4.69) is 16.4 Å². The fourth-order valence-electron chi connectivity index (χ4n) is 3.30. The molecule has 1 N–H and O–H groups in total. The third kappa shape index (κ3) is 4.71. The predicted octanol–water partition coefficient (Wildman–Crippen LogP) is 4.98. The molecule has 6 nitrogen and oxygen atoms in total. The van der Waals surface area contributed by atoms with Gasteiger partial charge in [-0.3, -0.25) is 10.1 Å². The van der Waals surface area contributed by atoms with Crippen molar-refractivity contribution in [2.45, 2.75) is 45.4 Å². The monoisotopic (exact) mass is 445 g/mol. The second kappa shape index (κ2) is 9.24. The summed E-state index contributed by atoms with van der Waals surface area (Å²) in [6, 6.07) is 10.2. The Morgan fingerprint density at radius 1 is 1.13 bits per heavy atom. The number of aryl methyl sites for hydroxylation is 2. The Labute approximate surface area is 182 Å². The van der Waals surface area contributed by atoms with E-state index in [9.17, 15) is 13.2 Å². The molecule has 0 saturated carbocycles. The number of carbonyl (C=O) groups is 1. The van der Waals surface area contributed by atoms with E-state index in [-0.39, 0.29) is 10.8 Å². The van der Waals surface area contributed by atoms with Crippen molar-refractivity contribution >= 4 is 42.6 Å². The highest BCUT2D eigenvalue weighted by Crippen LogP contribution is 2.29. The Balaban J connectivity index is 1.77. The van der Waals surface area contributed by atoms with E-state index in [1.807, 2.05) is 33.8 Å². The molecule has 1 aromatic heterocycles. The van der Waals surface area contributed by atoms with Gasteiger partial charge in [-0.15, -0.1) is 0 Å². The fraction of sp³-hybridized carbons (Fsp3) is 0.364. The van der Waals surface area contributed by atoms with Crippen molar-refractivity contribution in [1.29, 1.82) is 0 Å². The number of aromatic nitrogens is 1. The number of hydrogen-bond acceptors (Lipinski definition) is 5. The number of unbranched alkanes of at least 4 members (excludes halogenated alkanes) is 1. The lowest BCUT2D eigenvalue weighted by Gasteiger charge is -2.20. The van der Waals surface area contributed by atoms with Crippen LogP contribution in [0, 0.1) is 13.8 Å². The van der Waals surface area contributed by atoms with Crippen LogP contribution in [0.4, 0.5) is 5.13 Å². The van der Waals surface area contributed by atoms with Gasteiger partial charge in [-0.05, 0) is 61.7 Å². The highest BCUT2D eigenvalue weighted by Gasteiger charge is 2.23. The molecule has 0 aliphatic rings. The average molecular weight is 446 g/mol. The van der Waals surface area contributed by atoms with Crippen molar-refractivity contribution in [3.05, 3.63) is 53.1 Å². The normalized spacial score (nSPS) is 11.9. The molecule has 1 heterocycles. The van der Waals surface area contributed by atoms with Crippen molar-refractivity contribution in [3.63, 3.8) is 0 Å². The molecular weight excluding hydrogens is 418 g/mol. The molecule has 0 saturated heterocycles. The molecule has 0 atom stereocenters. The van der Waals surface area contributed by atoms with Crippen molar-refractivity contribution < 1.29 is 13.2 Å². The summed E-state index contributed by atoms with van der Waals surface area (Å²) >= 11 is 1.42. The third-order valence-electron chi connectivity index (χ3n) is 4.92. The van der Waals surface area contributed by atoms with E-state index < -0.39 is 10.0 Å². The van der Waals surface area contributed by atoms with Gasteiger partial charge in [0.15, 0.2) is 5.13 Å². The van der Waals surface area contributed by atoms with Gasteiger partial charge in [0, 0.05) is 18.7 Å². The zero-order valence-corrected chi connectivity index (χ0v) is 19.4. The first-order chi connectivity index (χ1) is 14.3. The van der Waals surface area contributed by atoms with E-state index in [1.165, 1.54) is 27.8 Å². The number of nitrogens with zero attached hydrogens (tertiary/aromatic N) is 2. The van der Waals surface area contributed by atoms with E-state index in [1.54, 1.807) is 12.1 Å². The summed E-state index contributed by atoms with van der Waals surface area (Å²) in [5, 5.41) is 3.35. The van der Waals surface area contributed by atoms with E-state index in [0.717, 1.165) is 34.2 Å². The maximum atomic E-state index is 12.8. The lowest BCUT2D eigenvalue weighted by Crippen LogP contribution is -2.31. The molecule has 0 aliphatic carbocycles. The Hall–Kier alpha value is -2.29. The van der Waals surface area contributed by atoms with Gasteiger partial charge in [0.05, 0.1) is 15.1 Å². The Kier molecular flexibility index (Phi) is 6.90. The lowest BCUT2D eigenvalue weighted by atomic mass is 10.1. The van der Waals surface area contributed by atoms with Crippen LogP contribution < -0.4 is 5.32 Å². The number of hydrogen-bond donors (Lipinski definition) is 1. The zero-order chi connectivity index (χ0) is 21.9. The number of amides is 1. The zero-order valence-electron chi connectivity index (χ0n) is 17.7. The quantitative estimate of drug-likeness (QED) is 0.530. The molecule has 30 heavy (non-hydrogen) atoms. The van der Waals surface area contributed by atoms with Gasteiger partial charge in [-0.1, -0.05) is 37.7 Å². The minimum Gasteiger partial charge on any atom is -0.298 e. The molecule has 0 radical (unpaired) electrons. The van der Waals surface area contributed by atoms with Gasteiger partial charge in [0.1, 0.15) is 0 Å². The molecule has 3 rings (SSSR count). The van der Waals surface area contributed by atoms with Crippen molar-refractivity contribution in [3.8, 4) is 0 Å². The van der Waals surface area contributed by atoms with Crippen LogP contribution in [-0.4, -0.2) is 36.7 Å². The topological polar surface area (TPSA) is 79.4 Å². The molecule has 2 aromatic carbocycles. The molecule has 1 amide bonds. The van der Waals surface area contributed by atoms with Gasteiger partial charge in [-0.25, -0.2) is 13.4 Å². The highest BCUT2D eigenvalue weighted by molar-refractivity contribution is 7.89. The number of sulfonamides is 1. The van der Waals surface area contributed by atoms with Crippen LogP contribution in [0.2, 0.25) is 0 Å². The number of thiazole rings is 1. The molecular formula is C22H27N3O3S2. The maximum Gasteiger partial charge on any atom is 0.257 e. The first-order valence-electron chi connectivity index (χ1n) is 10.1. The minimum atomic E-state index is -3.56. The van der Waals surface area contributed by atoms with Crippen LogP contribution >= 0.6 is 11.3 Å². The lowest BCUT2D eigenvalue weighted by molar-refractivity contribution is 0.102. The largest absolute Gasteiger partial charge is 0.298 e. The van der Waals surface area contributed by atoms with Crippen molar-refractivity contribution in [2.75, 3.05) is 18.4 Å². The smallest absolute Gasteiger partial charge is 0.257 e. The Morgan fingerprint density at radius 2 is 1.83 bits per heavy atom. The highest BCUT2D eigenvalue weighted by atomic mass is 32.2. The summed E-state index contributed by atoms with van der Waals surface area (Å²) in [5.41, 5.74) is 3.49. The second-order valence-corrected chi connectivity index (χ2v) is 10.2. The van der Waals surface area contributed by atoms with Gasteiger partial charge in [0.25, 0.3) is 5.91 Å². The van der Waals surface area contributed by atoms with Gasteiger partial charge >= 0.3 is 0 Å². The summed E-state index contributed by atoms with van der Waals surface area (Å²) < 4.78 is 28.1. The molecule has 0 bridgehead atoms. The molecule has 0 fully saturated rings. The van der Waals surface area contributed by atoms with Crippen LogP contribution in [0.3, 0.4) is 0 Å². The Bertz CT molecular complexity index is 1150. The Morgan fingerprint density at radius 3 is 2.47 bits per heavy atom. The summed E-state index contributed by atoms with van der Waals surface area (Å²) in [7, 11) is -3.56. The molecule has 160 valence electrons. The van der Waals surface area contributed by atoms with Gasteiger partial charge in [0.2, 0.25) is 10.0 Å². The average Bonchev–Trinajstić information content (AvgIpc) is 3.11. The first kappa shape index (κ1) is 22.4. The number of fused-ring (bicyclic) bond motifs is 1. The number of anilines is 1. The van der Waals surface area contributed by atoms with Crippen molar-refractivity contribution in [2.24, 2.45) is 0 Å². The first-order valence-corrected chi connectivity index (χ1v) is 12.3. The second-order valence-electron chi connectivity index (χ2n) is 7.28. The maximum absolute atomic E-state index is 12.8. The van der Waals surface area contributed by atoms with Crippen LogP contribution in [0.15, 0.2) is 41.3 Å². The molecule has 8 heteroatoms. The standard InChI is InChI=1S/C22H27N3O3S2/c1-5-7-12-25(6-2)30(27,28)18-10-8-17(9-11-18)21(26)24-22-23-20-16(4)13-15(3)14-19(20)29-22/h8-11,13-14H,5-7,12H2,1-4H3,(H,23,24,26). The molecule has 0 aliphatic heterocycles. The van der Waals surface area contributed by atoms with Crippen LogP contribution in [0.25, 0.3) is 10.2 Å². The number of carbonyl (C=O) groups excluding carboxylic acids is 1. The summed E-state index contributed by atoms with van der Waals surface area (Å²) in [6.45, 7) is 8.80. The predicted molar refractivity (Wildman–Crippen MR) is 123 cm³/mol.